The first kappa shape index (κ1) is 20.2. The van der Waals surface area contributed by atoms with Crippen molar-refractivity contribution in [2.24, 2.45) is 0 Å². The summed E-state index contributed by atoms with van der Waals surface area (Å²) in [5, 5.41) is 5.85. The third-order valence-corrected chi connectivity index (χ3v) is 5.79. The van der Waals surface area contributed by atoms with Crippen LogP contribution >= 0.6 is 0 Å². The fraction of sp³-hybridized carbons (Fsp3) is 0.571. The van der Waals surface area contributed by atoms with Crippen LogP contribution in [0.3, 0.4) is 0 Å². The minimum Gasteiger partial charge on any atom is -0.339 e. The van der Waals surface area contributed by atoms with Gasteiger partial charge in [-0.3, -0.25) is 9.59 Å². The zero-order valence-corrected chi connectivity index (χ0v) is 16.8. The summed E-state index contributed by atoms with van der Waals surface area (Å²) in [6, 6.07) is 7.23. The number of aryl methyl sites for hydroxylation is 1. The van der Waals surface area contributed by atoms with Crippen LogP contribution in [-0.2, 0) is 9.59 Å². The van der Waals surface area contributed by atoms with E-state index in [9.17, 15) is 14.4 Å². The monoisotopic (exact) mass is 386 g/mol. The normalized spacial score (nSPS) is 19.1. The van der Waals surface area contributed by atoms with Crippen molar-refractivity contribution in [3.8, 4) is 0 Å². The van der Waals surface area contributed by atoms with E-state index < -0.39 is 5.54 Å². The summed E-state index contributed by atoms with van der Waals surface area (Å²) in [4.78, 5) is 41.1. The maximum Gasteiger partial charge on any atom is 0.320 e. The van der Waals surface area contributed by atoms with Crippen LogP contribution in [0.15, 0.2) is 24.3 Å². The predicted octanol–water partition coefficient (Wildman–Crippen LogP) is 2.51. The number of anilines is 1. The highest BCUT2D eigenvalue weighted by molar-refractivity contribution is 5.96. The van der Waals surface area contributed by atoms with Crippen LogP contribution in [0, 0.1) is 6.92 Å². The van der Waals surface area contributed by atoms with Gasteiger partial charge in [0, 0.05) is 38.8 Å². The number of hydrogen-bond acceptors (Lipinski definition) is 3. The molecule has 1 heterocycles. The van der Waals surface area contributed by atoms with E-state index in [0.29, 0.717) is 44.7 Å². The Kier molecular flexibility index (Phi) is 6.21. The molecule has 2 aliphatic rings. The molecule has 1 aromatic carbocycles. The second kappa shape index (κ2) is 8.63. The summed E-state index contributed by atoms with van der Waals surface area (Å²) >= 11 is 0. The van der Waals surface area contributed by atoms with E-state index in [1.165, 1.54) is 0 Å². The molecule has 0 aromatic heterocycles. The van der Waals surface area contributed by atoms with Crippen LogP contribution in [0.1, 0.15) is 44.6 Å². The molecule has 0 unspecified atom stereocenters. The van der Waals surface area contributed by atoms with Crippen molar-refractivity contribution in [2.45, 2.75) is 51.5 Å². The zero-order chi connectivity index (χ0) is 20.1. The Morgan fingerprint density at radius 2 is 1.46 bits per heavy atom. The summed E-state index contributed by atoms with van der Waals surface area (Å²) in [5.74, 6) is 0.0181. The Hall–Kier alpha value is -2.57. The van der Waals surface area contributed by atoms with Gasteiger partial charge < -0.3 is 20.4 Å². The van der Waals surface area contributed by atoms with E-state index in [1.54, 1.807) is 16.7 Å². The van der Waals surface area contributed by atoms with Gasteiger partial charge in [0.2, 0.25) is 11.8 Å². The Balaban J connectivity index is 1.67. The van der Waals surface area contributed by atoms with Gasteiger partial charge in [-0.15, -0.1) is 0 Å². The average Bonchev–Trinajstić information content (AvgIpc) is 2.70. The van der Waals surface area contributed by atoms with Gasteiger partial charge in [0.1, 0.15) is 5.54 Å². The van der Waals surface area contributed by atoms with Gasteiger partial charge in [0.05, 0.1) is 0 Å². The number of nitrogens with zero attached hydrogens (tertiary/aromatic N) is 2. The molecule has 152 valence electrons. The van der Waals surface area contributed by atoms with Crippen LogP contribution in [0.2, 0.25) is 0 Å². The molecular formula is C21H30N4O3. The maximum atomic E-state index is 13.4. The number of urea groups is 1. The molecule has 2 N–H and O–H groups in total. The SMILES string of the molecule is CC(=O)N1CCN(C(=O)C2(NC(=O)Nc3ccc(C)cc3)CCCCC2)CC1. The van der Waals surface area contributed by atoms with E-state index in [2.05, 4.69) is 10.6 Å². The van der Waals surface area contributed by atoms with Crippen LogP contribution in [0.5, 0.6) is 0 Å². The summed E-state index contributed by atoms with van der Waals surface area (Å²) in [6.45, 7) is 5.67. The largest absolute Gasteiger partial charge is 0.339 e. The van der Waals surface area contributed by atoms with Gasteiger partial charge in [-0.1, -0.05) is 37.0 Å². The van der Waals surface area contributed by atoms with Crippen LogP contribution < -0.4 is 10.6 Å². The summed E-state index contributed by atoms with van der Waals surface area (Å²) in [6.07, 6.45) is 4.22. The lowest BCUT2D eigenvalue weighted by atomic mass is 9.80. The van der Waals surface area contributed by atoms with Crippen LogP contribution in [-0.4, -0.2) is 59.4 Å². The van der Waals surface area contributed by atoms with Crippen LogP contribution in [0.4, 0.5) is 10.5 Å². The highest BCUT2D eigenvalue weighted by atomic mass is 16.2. The number of hydrogen-bond donors (Lipinski definition) is 2. The number of carbonyl (C=O) groups excluding carboxylic acids is 3. The fourth-order valence-corrected chi connectivity index (χ4v) is 4.09. The highest BCUT2D eigenvalue weighted by Crippen LogP contribution is 2.30. The molecule has 4 amide bonds. The molecule has 7 nitrogen and oxygen atoms in total. The number of nitrogens with one attached hydrogen (secondary N) is 2. The topological polar surface area (TPSA) is 81.8 Å². The molecule has 1 aliphatic heterocycles. The molecule has 1 saturated heterocycles. The predicted molar refractivity (Wildman–Crippen MR) is 108 cm³/mol. The lowest BCUT2D eigenvalue weighted by Gasteiger charge is -2.43. The number of rotatable bonds is 3. The first-order chi connectivity index (χ1) is 13.4. The summed E-state index contributed by atoms with van der Waals surface area (Å²) in [7, 11) is 0. The molecule has 28 heavy (non-hydrogen) atoms. The second-order valence-corrected chi connectivity index (χ2v) is 7.89. The van der Waals surface area contributed by atoms with Gasteiger partial charge in [-0.25, -0.2) is 4.79 Å². The molecule has 1 aromatic rings. The van der Waals surface area contributed by atoms with E-state index in [1.807, 2.05) is 31.2 Å². The fourth-order valence-electron chi connectivity index (χ4n) is 4.09. The van der Waals surface area contributed by atoms with E-state index >= 15 is 0 Å². The molecule has 3 rings (SSSR count). The standard InChI is InChI=1S/C21H30N4O3/c1-16-6-8-18(9-7-16)22-20(28)23-21(10-4-3-5-11-21)19(27)25-14-12-24(13-15-25)17(2)26/h6-9H,3-5,10-15H2,1-2H3,(H2,22,23,28). The molecule has 0 atom stereocenters. The average molecular weight is 386 g/mol. The van der Waals surface area contributed by atoms with Crippen molar-refractivity contribution in [2.75, 3.05) is 31.5 Å². The number of carbonyl (C=O) groups is 3. The van der Waals surface area contributed by atoms with Gasteiger partial charge in [-0.2, -0.15) is 0 Å². The number of amides is 4. The van der Waals surface area contributed by atoms with Crippen molar-refractivity contribution in [3.05, 3.63) is 29.8 Å². The van der Waals surface area contributed by atoms with E-state index in [4.69, 9.17) is 0 Å². The van der Waals surface area contributed by atoms with Gasteiger partial charge in [0.25, 0.3) is 0 Å². The Bertz CT molecular complexity index is 718. The quantitative estimate of drug-likeness (QED) is 0.837. The minimum atomic E-state index is -0.856. The lowest BCUT2D eigenvalue weighted by molar-refractivity contribution is -0.144. The summed E-state index contributed by atoms with van der Waals surface area (Å²) in [5.41, 5.74) is 0.969. The number of benzene rings is 1. The molecule has 0 spiro atoms. The van der Waals surface area contributed by atoms with Gasteiger partial charge >= 0.3 is 6.03 Å². The molecule has 0 bridgehead atoms. The van der Waals surface area contributed by atoms with Crippen LogP contribution in [0.25, 0.3) is 0 Å². The molecule has 2 fully saturated rings. The molecule has 7 heteroatoms. The molecular weight excluding hydrogens is 356 g/mol. The molecule has 1 saturated carbocycles. The van der Waals surface area contributed by atoms with Gasteiger partial charge in [-0.05, 0) is 31.9 Å². The minimum absolute atomic E-state index is 0.0190. The molecule has 0 radical (unpaired) electrons. The third kappa shape index (κ3) is 4.64. The Morgan fingerprint density at radius 3 is 2.04 bits per heavy atom. The maximum absolute atomic E-state index is 13.4. The van der Waals surface area contributed by atoms with Gasteiger partial charge in [0.15, 0.2) is 0 Å². The van der Waals surface area contributed by atoms with Crippen molar-refractivity contribution >= 4 is 23.5 Å². The summed E-state index contributed by atoms with van der Waals surface area (Å²) < 4.78 is 0. The third-order valence-electron chi connectivity index (χ3n) is 5.79. The lowest BCUT2D eigenvalue weighted by Crippen LogP contribution is -2.63. The van der Waals surface area contributed by atoms with E-state index in [0.717, 1.165) is 24.8 Å². The zero-order valence-electron chi connectivity index (χ0n) is 16.8. The highest BCUT2D eigenvalue weighted by Gasteiger charge is 2.44. The van der Waals surface area contributed by atoms with Crippen molar-refractivity contribution < 1.29 is 14.4 Å². The van der Waals surface area contributed by atoms with Crippen molar-refractivity contribution in [1.82, 2.24) is 15.1 Å². The number of piperazine rings is 1. The first-order valence-corrected chi connectivity index (χ1v) is 10.1. The first-order valence-electron chi connectivity index (χ1n) is 10.1. The van der Waals surface area contributed by atoms with Crippen molar-refractivity contribution in [1.29, 1.82) is 0 Å². The second-order valence-electron chi connectivity index (χ2n) is 7.89. The Labute approximate surface area is 166 Å². The van der Waals surface area contributed by atoms with Crippen molar-refractivity contribution in [3.63, 3.8) is 0 Å². The smallest absolute Gasteiger partial charge is 0.320 e. The molecule has 1 aliphatic carbocycles. The van der Waals surface area contributed by atoms with E-state index in [-0.39, 0.29) is 17.8 Å². The Morgan fingerprint density at radius 1 is 0.893 bits per heavy atom.